The first-order valence-corrected chi connectivity index (χ1v) is 20.7. The Morgan fingerprint density at radius 1 is 0.948 bits per heavy atom. The third kappa shape index (κ3) is 6.38. The van der Waals surface area contributed by atoms with Gasteiger partial charge < -0.3 is 38.3 Å². The summed E-state index contributed by atoms with van der Waals surface area (Å²) in [6.07, 6.45) is -6.72. The van der Waals surface area contributed by atoms with Crippen LogP contribution in [0.4, 0.5) is 0 Å². The van der Waals surface area contributed by atoms with Gasteiger partial charge in [-0.1, -0.05) is 44.2 Å². The number of nitrogens with zero attached hydrogens (tertiary/aromatic N) is 1. The van der Waals surface area contributed by atoms with Crippen molar-refractivity contribution in [2.24, 2.45) is 16.7 Å². The Kier molecular flexibility index (Phi) is 11.1. The molecule has 3 aliphatic carbocycles. The number of aliphatic hydroxyl groups is 1. The first-order valence-electron chi connectivity index (χ1n) is 19.7. The van der Waals surface area contributed by atoms with Crippen LogP contribution in [0.2, 0.25) is 0 Å². The second-order valence-corrected chi connectivity index (χ2v) is 18.9. The van der Waals surface area contributed by atoms with Crippen LogP contribution in [-0.2, 0) is 47.5 Å². The fraction of sp³-hybridized carbons (Fsp3) is 0.591. The van der Waals surface area contributed by atoms with E-state index in [1.807, 2.05) is 50.1 Å². The molecule has 2 aromatic rings. The van der Waals surface area contributed by atoms with Crippen molar-refractivity contribution in [2.45, 2.75) is 121 Å². The second kappa shape index (κ2) is 15.0. The van der Waals surface area contributed by atoms with Crippen molar-refractivity contribution < 1.29 is 57.4 Å². The average Bonchev–Trinajstić information content (AvgIpc) is 3.41. The van der Waals surface area contributed by atoms with Gasteiger partial charge in [0, 0.05) is 43.0 Å². The monoisotopic (exact) mass is 915 g/mol. The van der Waals surface area contributed by atoms with Gasteiger partial charge in [-0.15, -0.1) is 0 Å². The van der Waals surface area contributed by atoms with E-state index in [2.05, 4.69) is 22.6 Å². The highest BCUT2D eigenvalue weighted by atomic mass is 127. The number of Topliss-reactive ketones (excluding diaryl/α,β-unsaturated/α-hetero) is 1. The van der Waals surface area contributed by atoms with Crippen molar-refractivity contribution in [3.05, 3.63) is 80.4 Å². The molecular weight excluding hydrogens is 861 g/mol. The largest absolute Gasteiger partial charge is 0.456 e. The van der Waals surface area contributed by atoms with Crippen LogP contribution in [0.3, 0.4) is 0 Å². The average molecular weight is 916 g/mol. The van der Waals surface area contributed by atoms with Crippen LogP contribution in [0, 0.1) is 20.3 Å². The van der Waals surface area contributed by atoms with Gasteiger partial charge in [-0.25, -0.2) is 9.59 Å². The molecule has 2 bridgehead atoms. The summed E-state index contributed by atoms with van der Waals surface area (Å²) >= 11 is 2.23. The van der Waals surface area contributed by atoms with Crippen molar-refractivity contribution in [3.8, 4) is 0 Å². The normalized spacial score (nSPS) is 37.7. The standard InChI is InChI=1S/C44H54INO12/c1-23-28(55-39(50)34-32(46(8)41(5,6)58-34)25-16-18-27(45)19-17-25)21-44(51)37(56-38(49)26-14-12-11-13-15-26)35-42(7,36(48)33(53-10)31(23)40(44,3)4)29(52-9)20-30-43(35,22-54-30)57-24(2)47/h11-19,28-30,32-35,37,51H,20-22H2,1-10H3/t28?,29?,30?,32-,33?,34?,35?,37?,42+,43?,44?/m0/s1. The van der Waals surface area contributed by atoms with E-state index in [1.165, 1.54) is 21.1 Å². The fourth-order valence-corrected chi connectivity index (χ4v) is 11.1. The molecule has 0 spiro atoms. The number of fused-ring (bicyclic) bond motifs is 5. The number of ketones is 1. The number of halogens is 1. The zero-order valence-electron chi connectivity index (χ0n) is 34.7. The number of methoxy groups -OCH3 is 2. The summed E-state index contributed by atoms with van der Waals surface area (Å²) in [4.78, 5) is 59.6. The number of hydrogen-bond acceptors (Lipinski definition) is 13. The van der Waals surface area contributed by atoms with Gasteiger partial charge in [-0.3, -0.25) is 14.5 Å². The highest BCUT2D eigenvalue weighted by Crippen LogP contribution is 2.65. The quantitative estimate of drug-likeness (QED) is 0.157. The summed E-state index contributed by atoms with van der Waals surface area (Å²) in [6.45, 7) is 11.9. The minimum absolute atomic E-state index is 0.128. The third-order valence-corrected chi connectivity index (χ3v) is 14.8. The maximum absolute atomic E-state index is 15.6. The van der Waals surface area contributed by atoms with Crippen LogP contribution in [0.1, 0.15) is 83.3 Å². The Labute approximate surface area is 353 Å². The van der Waals surface area contributed by atoms with Gasteiger partial charge in [0.2, 0.25) is 0 Å². The predicted molar refractivity (Wildman–Crippen MR) is 217 cm³/mol. The van der Waals surface area contributed by atoms with Crippen LogP contribution in [-0.4, -0.2) is 115 Å². The lowest BCUT2D eigenvalue weighted by atomic mass is 9.44. The van der Waals surface area contributed by atoms with Crippen LogP contribution in [0.25, 0.3) is 0 Å². The minimum Gasteiger partial charge on any atom is -0.456 e. The molecule has 58 heavy (non-hydrogen) atoms. The molecule has 7 rings (SSSR count). The van der Waals surface area contributed by atoms with Gasteiger partial charge >= 0.3 is 17.9 Å². The number of esters is 3. The topological polar surface area (TPSA) is 156 Å². The number of rotatable bonds is 8. The minimum atomic E-state index is -2.09. The van der Waals surface area contributed by atoms with Gasteiger partial charge in [0.05, 0.1) is 35.6 Å². The molecule has 1 N–H and O–H groups in total. The first kappa shape index (κ1) is 42.9. The molecule has 14 heteroatoms. The number of likely N-dealkylation sites (N-methyl/N-ethyl adjacent to an activating group) is 1. The number of carbonyl (C=O) groups excluding carboxylic acids is 4. The zero-order valence-corrected chi connectivity index (χ0v) is 36.9. The maximum atomic E-state index is 15.6. The number of hydrogen-bond donors (Lipinski definition) is 1. The molecule has 0 radical (unpaired) electrons. The third-order valence-electron chi connectivity index (χ3n) is 14.1. The molecule has 2 saturated heterocycles. The van der Waals surface area contributed by atoms with E-state index in [-0.39, 0.29) is 25.0 Å². The van der Waals surface area contributed by atoms with Crippen molar-refractivity contribution >= 4 is 46.3 Å². The summed E-state index contributed by atoms with van der Waals surface area (Å²) in [6, 6.07) is 15.6. The molecule has 9 unspecified atom stereocenters. The molecule has 2 aliphatic heterocycles. The van der Waals surface area contributed by atoms with E-state index in [4.69, 9.17) is 33.2 Å². The Morgan fingerprint density at radius 3 is 2.17 bits per heavy atom. The Hall–Kier alpha value is -3.25. The summed E-state index contributed by atoms with van der Waals surface area (Å²) in [5.41, 5.74) is -5.45. The van der Waals surface area contributed by atoms with Crippen LogP contribution in [0.5, 0.6) is 0 Å². The van der Waals surface area contributed by atoms with Crippen LogP contribution in [0.15, 0.2) is 65.7 Å². The maximum Gasteiger partial charge on any atom is 0.338 e. The van der Waals surface area contributed by atoms with Gasteiger partial charge in [0.1, 0.15) is 35.7 Å². The highest BCUT2D eigenvalue weighted by Gasteiger charge is 2.78. The van der Waals surface area contributed by atoms with Gasteiger partial charge in [0.15, 0.2) is 17.5 Å². The molecule has 314 valence electrons. The van der Waals surface area contributed by atoms with Crippen molar-refractivity contribution in [1.82, 2.24) is 4.90 Å². The molecule has 5 aliphatic rings. The van der Waals surface area contributed by atoms with Crippen molar-refractivity contribution in [3.63, 3.8) is 0 Å². The number of carbonyl (C=O) groups is 4. The lowest BCUT2D eigenvalue weighted by molar-refractivity contribution is -0.347. The van der Waals surface area contributed by atoms with E-state index >= 15 is 4.79 Å². The summed E-state index contributed by atoms with van der Waals surface area (Å²) < 4.78 is 45.0. The highest BCUT2D eigenvalue weighted by molar-refractivity contribution is 14.1. The molecule has 2 saturated carbocycles. The Balaban J connectivity index is 1.41. The van der Waals surface area contributed by atoms with E-state index in [0.29, 0.717) is 11.1 Å². The van der Waals surface area contributed by atoms with Crippen LogP contribution >= 0.6 is 22.6 Å². The van der Waals surface area contributed by atoms with Gasteiger partial charge in [0.25, 0.3) is 0 Å². The van der Waals surface area contributed by atoms with E-state index in [9.17, 15) is 19.5 Å². The van der Waals surface area contributed by atoms with E-state index in [0.717, 1.165) is 9.13 Å². The fourth-order valence-electron chi connectivity index (χ4n) is 10.7. The van der Waals surface area contributed by atoms with Crippen molar-refractivity contribution in [1.29, 1.82) is 0 Å². The molecule has 4 fully saturated rings. The lowest BCUT2D eigenvalue weighted by Crippen LogP contribution is -2.82. The summed E-state index contributed by atoms with van der Waals surface area (Å²) in [5, 5.41) is 13.8. The molecule has 13 nitrogen and oxygen atoms in total. The smallest absolute Gasteiger partial charge is 0.338 e. The number of ether oxygens (including phenoxy) is 7. The molecular formula is C44H54INO12. The number of benzene rings is 2. The van der Waals surface area contributed by atoms with Crippen molar-refractivity contribution in [2.75, 3.05) is 27.9 Å². The van der Waals surface area contributed by atoms with Crippen LogP contribution < -0.4 is 0 Å². The van der Waals surface area contributed by atoms with Gasteiger partial charge in [-0.2, -0.15) is 0 Å². The van der Waals surface area contributed by atoms with E-state index in [1.54, 1.807) is 58.0 Å². The van der Waals surface area contributed by atoms with Gasteiger partial charge in [-0.05, 0) is 98.3 Å². The molecule has 0 amide bonds. The Bertz CT molecular complexity index is 2000. The summed E-state index contributed by atoms with van der Waals surface area (Å²) in [7, 11) is 4.78. The SMILES string of the molecule is COC1C(=O)[C@]2(C)C(OC)CC3OCC3(OC(C)=O)C2C(OC(=O)c2ccccc2)C2(O)CC(OC(=O)C3OC(C)(C)N(C)[C@H]3c3ccc(I)cc3)C(C)=C1C2(C)C. The summed E-state index contributed by atoms with van der Waals surface area (Å²) in [5.74, 6) is -3.73. The predicted octanol–water partition coefficient (Wildman–Crippen LogP) is 5.35. The lowest BCUT2D eigenvalue weighted by Gasteiger charge is -2.67. The molecule has 2 aromatic carbocycles. The zero-order chi connectivity index (χ0) is 42.3. The van der Waals surface area contributed by atoms with E-state index < -0.39 is 100 Å². The Morgan fingerprint density at radius 2 is 1.60 bits per heavy atom. The molecule has 0 aromatic heterocycles. The molecule has 2 heterocycles. The first-order chi connectivity index (χ1) is 27.2. The molecule has 11 atom stereocenters. The second-order valence-electron chi connectivity index (χ2n) is 17.6.